The summed E-state index contributed by atoms with van der Waals surface area (Å²) in [5, 5.41) is 20.2. The van der Waals surface area contributed by atoms with Gasteiger partial charge in [0.05, 0.1) is 15.5 Å². The van der Waals surface area contributed by atoms with Crippen molar-refractivity contribution in [2.24, 2.45) is 5.92 Å². The Kier molecular flexibility index (Phi) is 3.82. The van der Waals surface area contributed by atoms with E-state index in [1.165, 1.54) is 12.3 Å². The monoisotopic (exact) mass is 315 g/mol. The molecule has 1 N–H and O–H groups in total. The largest absolute Gasteiger partial charge is 0.393 e. The van der Waals surface area contributed by atoms with E-state index in [1.54, 1.807) is 6.92 Å². The lowest BCUT2D eigenvalue weighted by Crippen LogP contribution is -2.24. The highest BCUT2D eigenvalue weighted by Crippen LogP contribution is 2.31. The maximum Gasteiger partial charge on any atom is 0.288 e. The molecule has 98 valence electrons. The zero-order valence-corrected chi connectivity index (χ0v) is 11.5. The Balaban J connectivity index is 2.18. The van der Waals surface area contributed by atoms with Gasteiger partial charge < -0.3 is 10.0 Å². The lowest BCUT2D eigenvalue weighted by Gasteiger charge is -2.19. The molecule has 1 aromatic heterocycles. The molecule has 0 spiro atoms. The number of pyridine rings is 1. The van der Waals surface area contributed by atoms with Crippen molar-refractivity contribution in [3.05, 3.63) is 26.9 Å². The number of aromatic nitrogens is 1. The molecule has 1 fully saturated rings. The lowest BCUT2D eigenvalue weighted by atomic mass is 10.0. The molecule has 1 saturated heterocycles. The first-order chi connectivity index (χ1) is 8.49. The number of aliphatic hydroxyl groups is 1. The summed E-state index contributed by atoms with van der Waals surface area (Å²) in [6.07, 6.45) is 1.82. The highest BCUT2D eigenvalue weighted by molar-refractivity contribution is 9.10. The van der Waals surface area contributed by atoms with Crippen LogP contribution in [0.2, 0.25) is 0 Å². The van der Waals surface area contributed by atoms with Crippen LogP contribution in [0.1, 0.15) is 13.3 Å². The minimum Gasteiger partial charge on any atom is -0.393 e. The van der Waals surface area contributed by atoms with Gasteiger partial charge in [0.1, 0.15) is 12.0 Å². The van der Waals surface area contributed by atoms with Gasteiger partial charge in [-0.1, -0.05) is 0 Å². The third-order valence-electron chi connectivity index (χ3n) is 3.22. The molecule has 7 heteroatoms. The minimum absolute atomic E-state index is 0.0306. The maximum absolute atomic E-state index is 10.6. The summed E-state index contributed by atoms with van der Waals surface area (Å²) in [7, 11) is 0. The van der Waals surface area contributed by atoms with Gasteiger partial charge in [0.25, 0.3) is 5.69 Å². The number of anilines is 1. The van der Waals surface area contributed by atoms with Crippen LogP contribution in [0.15, 0.2) is 16.7 Å². The predicted molar refractivity (Wildman–Crippen MR) is 70.6 cm³/mol. The topological polar surface area (TPSA) is 79.5 Å². The lowest BCUT2D eigenvalue weighted by molar-refractivity contribution is -0.385. The summed E-state index contributed by atoms with van der Waals surface area (Å²) in [6, 6.07) is 1.46. The first-order valence-corrected chi connectivity index (χ1v) is 6.51. The fourth-order valence-corrected chi connectivity index (χ4v) is 2.71. The third-order valence-corrected chi connectivity index (χ3v) is 3.81. The molecule has 0 bridgehead atoms. The van der Waals surface area contributed by atoms with E-state index in [0.717, 1.165) is 19.5 Å². The van der Waals surface area contributed by atoms with Crippen molar-refractivity contribution in [3.63, 3.8) is 0 Å². The number of aliphatic hydroxyl groups excluding tert-OH is 1. The Morgan fingerprint density at radius 2 is 2.44 bits per heavy atom. The zero-order valence-electron chi connectivity index (χ0n) is 9.91. The molecule has 6 nitrogen and oxygen atoms in total. The summed E-state index contributed by atoms with van der Waals surface area (Å²) >= 11 is 3.31. The van der Waals surface area contributed by atoms with Crippen molar-refractivity contribution in [2.75, 3.05) is 18.0 Å². The fraction of sp³-hybridized carbons (Fsp3) is 0.545. The quantitative estimate of drug-likeness (QED) is 0.681. The molecule has 2 atom stereocenters. The number of halogens is 1. The molecule has 18 heavy (non-hydrogen) atoms. The Hall–Kier alpha value is -1.21. The first kappa shape index (κ1) is 13.2. The summed E-state index contributed by atoms with van der Waals surface area (Å²) in [4.78, 5) is 16.3. The van der Waals surface area contributed by atoms with Gasteiger partial charge in [-0.2, -0.15) is 0 Å². The van der Waals surface area contributed by atoms with Gasteiger partial charge in [0.2, 0.25) is 0 Å². The van der Waals surface area contributed by atoms with Crippen LogP contribution in [0.4, 0.5) is 11.5 Å². The van der Waals surface area contributed by atoms with E-state index < -0.39 is 4.92 Å². The van der Waals surface area contributed by atoms with E-state index >= 15 is 0 Å². The summed E-state index contributed by atoms with van der Waals surface area (Å²) in [5.74, 6) is 0.928. The smallest absolute Gasteiger partial charge is 0.288 e. The normalized spacial score (nSPS) is 21.1. The Bertz CT molecular complexity index is 467. The SMILES string of the molecule is CC(O)C1CCN(c2ncc([N+](=O)[O-])cc2Br)C1. The second-order valence-corrected chi connectivity index (χ2v) is 5.35. The van der Waals surface area contributed by atoms with Gasteiger partial charge in [0, 0.05) is 25.1 Å². The standard InChI is InChI=1S/C11H14BrN3O3/c1-7(16)8-2-3-14(6-8)11-10(12)4-9(5-13-11)15(17)18/h4-5,7-8,16H,2-3,6H2,1H3. The first-order valence-electron chi connectivity index (χ1n) is 5.72. The van der Waals surface area contributed by atoms with Crippen LogP contribution >= 0.6 is 15.9 Å². The van der Waals surface area contributed by atoms with Crippen molar-refractivity contribution < 1.29 is 10.0 Å². The predicted octanol–water partition coefficient (Wildman–Crippen LogP) is 1.96. The van der Waals surface area contributed by atoms with E-state index in [1.807, 2.05) is 4.90 Å². The molecule has 1 aromatic rings. The minimum atomic E-state index is -0.468. The molecule has 2 heterocycles. The fourth-order valence-electron chi connectivity index (χ4n) is 2.13. The maximum atomic E-state index is 10.6. The van der Waals surface area contributed by atoms with E-state index in [4.69, 9.17) is 0 Å². The van der Waals surface area contributed by atoms with Crippen molar-refractivity contribution in [3.8, 4) is 0 Å². The molecule has 1 aliphatic heterocycles. The molecule has 0 amide bonds. The Labute approximate surface area is 113 Å². The second kappa shape index (κ2) is 5.19. The molecule has 0 saturated carbocycles. The molecule has 2 unspecified atom stereocenters. The van der Waals surface area contributed by atoms with E-state index in [9.17, 15) is 15.2 Å². The molecule has 0 aliphatic carbocycles. The summed E-state index contributed by atoms with van der Waals surface area (Å²) in [6.45, 7) is 3.31. The number of nitro groups is 1. The van der Waals surface area contributed by atoms with Gasteiger partial charge in [-0.05, 0) is 29.3 Å². The van der Waals surface area contributed by atoms with Crippen molar-refractivity contribution >= 4 is 27.4 Å². The van der Waals surface area contributed by atoms with Crippen LogP contribution in [0.3, 0.4) is 0 Å². The van der Waals surface area contributed by atoms with Crippen molar-refractivity contribution in [1.82, 2.24) is 4.98 Å². The van der Waals surface area contributed by atoms with Crippen LogP contribution in [0, 0.1) is 16.0 Å². The van der Waals surface area contributed by atoms with Gasteiger partial charge in [-0.3, -0.25) is 10.1 Å². The van der Waals surface area contributed by atoms with Gasteiger partial charge in [-0.15, -0.1) is 0 Å². The van der Waals surface area contributed by atoms with E-state index in [0.29, 0.717) is 10.3 Å². The van der Waals surface area contributed by atoms with Crippen molar-refractivity contribution in [2.45, 2.75) is 19.4 Å². The molecule has 2 rings (SSSR count). The number of nitrogens with zero attached hydrogens (tertiary/aromatic N) is 3. The summed E-state index contributed by atoms with van der Waals surface area (Å²) in [5.41, 5.74) is -0.0306. The van der Waals surface area contributed by atoms with E-state index in [2.05, 4.69) is 20.9 Å². The number of rotatable bonds is 3. The average molecular weight is 316 g/mol. The summed E-state index contributed by atoms with van der Waals surface area (Å²) < 4.78 is 0.614. The van der Waals surface area contributed by atoms with Crippen LogP contribution < -0.4 is 4.90 Å². The molecular formula is C11H14BrN3O3. The molecular weight excluding hydrogens is 302 g/mol. The van der Waals surface area contributed by atoms with Gasteiger partial charge in [0.15, 0.2) is 0 Å². The average Bonchev–Trinajstić information content (AvgIpc) is 2.78. The number of hydrogen-bond donors (Lipinski definition) is 1. The van der Waals surface area contributed by atoms with Crippen LogP contribution in [-0.4, -0.2) is 34.2 Å². The van der Waals surface area contributed by atoms with Gasteiger partial charge >= 0.3 is 0 Å². The van der Waals surface area contributed by atoms with Gasteiger partial charge in [-0.25, -0.2) is 4.98 Å². The number of hydrogen-bond acceptors (Lipinski definition) is 5. The second-order valence-electron chi connectivity index (χ2n) is 4.49. The Morgan fingerprint density at radius 3 is 2.94 bits per heavy atom. The zero-order chi connectivity index (χ0) is 13.3. The van der Waals surface area contributed by atoms with Crippen molar-refractivity contribution in [1.29, 1.82) is 0 Å². The highest BCUT2D eigenvalue weighted by atomic mass is 79.9. The molecule has 1 aliphatic rings. The van der Waals surface area contributed by atoms with Crippen LogP contribution in [0.25, 0.3) is 0 Å². The highest BCUT2D eigenvalue weighted by Gasteiger charge is 2.28. The van der Waals surface area contributed by atoms with Crippen LogP contribution in [-0.2, 0) is 0 Å². The Morgan fingerprint density at radius 1 is 1.72 bits per heavy atom. The molecule has 0 radical (unpaired) electrons. The van der Waals surface area contributed by atoms with E-state index in [-0.39, 0.29) is 17.7 Å². The van der Waals surface area contributed by atoms with Crippen LogP contribution in [0.5, 0.6) is 0 Å². The third kappa shape index (κ3) is 2.62. The molecule has 0 aromatic carbocycles.